The lowest BCUT2D eigenvalue weighted by molar-refractivity contribution is -0.116. The molecule has 1 amide bonds. The number of nitrogens with zero attached hydrogens (tertiary/aromatic N) is 2. The third-order valence-corrected chi connectivity index (χ3v) is 2.80. The fourth-order valence-corrected chi connectivity index (χ4v) is 1.96. The number of hydrogen-bond acceptors (Lipinski definition) is 2. The number of anilines is 2. The molecule has 19 heavy (non-hydrogen) atoms. The Hall–Kier alpha value is -2.31. The molecule has 0 fully saturated rings. The molecule has 94 valence electrons. The summed E-state index contributed by atoms with van der Waals surface area (Å²) in [7, 11) is 0. The Kier molecular flexibility index (Phi) is 4.17. The first-order valence-corrected chi connectivity index (χ1v) is 6.10. The number of amides is 1. The number of carbonyl (C=O) groups excluding carboxylic acids is 1. The third-order valence-electron chi connectivity index (χ3n) is 2.56. The van der Waals surface area contributed by atoms with E-state index in [-0.39, 0.29) is 12.3 Å². The molecule has 2 aromatic rings. The molecule has 0 unspecified atom stereocenters. The van der Waals surface area contributed by atoms with E-state index in [4.69, 9.17) is 16.9 Å². The van der Waals surface area contributed by atoms with Gasteiger partial charge in [-0.1, -0.05) is 35.9 Å². The molecule has 0 bridgehead atoms. The SMILES string of the molecule is N#CCC(=O)N(c1ccccc1)c1cccc(Cl)c1. The average Bonchev–Trinajstić information content (AvgIpc) is 2.40. The quantitative estimate of drug-likeness (QED) is 0.848. The predicted molar refractivity (Wildman–Crippen MR) is 75.3 cm³/mol. The zero-order chi connectivity index (χ0) is 13.7. The number of nitriles is 1. The Labute approximate surface area is 116 Å². The Bertz CT molecular complexity index is 620. The lowest BCUT2D eigenvalue weighted by atomic mass is 10.2. The summed E-state index contributed by atoms with van der Waals surface area (Å²) in [6.45, 7) is 0. The second kappa shape index (κ2) is 6.03. The van der Waals surface area contributed by atoms with E-state index in [0.717, 1.165) is 0 Å². The van der Waals surface area contributed by atoms with Crippen LogP contribution in [0, 0.1) is 11.3 Å². The lowest BCUT2D eigenvalue weighted by Crippen LogP contribution is -2.25. The Morgan fingerprint density at radius 2 is 1.79 bits per heavy atom. The summed E-state index contributed by atoms with van der Waals surface area (Å²) < 4.78 is 0. The molecule has 3 nitrogen and oxygen atoms in total. The minimum absolute atomic E-state index is 0.179. The molecule has 0 saturated carbocycles. The highest BCUT2D eigenvalue weighted by atomic mass is 35.5. The topological polar surface area (TPSA) is 44.1 Å². The van der Waals surface area contributed by atoms with E-state index in [0.29, 0.717) is 16.4 Å². The molecular weight excluding hydrogens is 260 g/mol. The Balaban J connectivity index is 2.46. The zero-order valence-corrected chi connectivity index (χ0v) is 10.8. The van der Waals surface area contributed by atoms with Gasteiger partial charge < -0.3 is 0 Å². The molecule has 2 aromatic carbocycles. The molecule has 0 atom stereocenters. The van der Waals surface area contributed by atoms with Gasteiger partial charge in [0.15, 0.2) is 0 Å². The molecule has 0 N–H and O–H groups in total. The van der Waals surface area contributed by atoms with Gasteiger partial charge in [-0.15, -0.1) is 0 Å². The summed E-state index contributed by atoms with van der Waals surface area (Å²) in [4.78, 5) is 13.6. The van der Waals surface area contributed by atoms with Crippen molar-refractivity contribution >= 4 is 28.9 Å². The minimum Gasteiger partial charge on any atom is -0.280 e. The van der Waals surface area contributed by atoms with E-state index in [9.17, 15) is 4.79 Å². The van der Waals surface area contributed by atoms with Crippen LogP contribution in [0.15, 0.2) is 54.6 Å². The van der Waals surface area contributed by atoms with E-state index in [1.54, 1.807) is 24.3 Å². The van der Waals surface area contributed by atoms with Crippen molar-refractivity contribution in [2.45, 2.75) is 6.42 Å². The largest absolute Gasteiger partial charge is 0.280 e. The number of benzene rings is 2. The van der Waals surface area contributed by atoms with Crippen LogP contribution in [0.4, 0.5) is 11.4 Å². The normalized spacial score (nSPS) is 9.68. The molecule has 0 aliphatic carbocycles. The molecule has 4 heteroatoms. The first-order valence-electron chi connectivity index (χ1n) is 5.73. The fraction of sp³-hybridized carbons (Fsp3) is 0.0667. The lowest BCUT2D eigenvalue weighted by Gasteiger charge is -2.22. The number of halogens is 1. The smallest absolute Gasteiger partial charge is 0.245 e. The van der Waals surface area contributed by atoms with Crippen LogP contribution in [0.2, 0.25) is 5.02 Å². The van der Waals surface area contributed by atoms with Crippen LogP contribution in [0.3, 0.4) is 0 Å². The van der Waals surface area contributed by atoms with Crippen LogP contribution in [-0.4, -0.2) is 5.91 Å². The van der Waals surface area contributed by atoms with Crippen LogP contribution in [0.1, 0.15) is 6.42 Å². The maximum absolute atomic E-state index is 12.1. The van der Waals surface area contributed by atoms with Gasteiger partial charge in [0.1, 0.15) is 6.42 Å². The van der Waals surface area contributed by atoms with Gasteiger partial charge in [0.2, 0.25) is 5.91 Å². The standard InChI is InChI=1S/C15H11ClN2O/c16-12-5-4-8-14(11-12)18(15(19)9-10-17)13-6-2-1-3-7-13/h1-8,11H,9H2. The van der Waals surface area contributed by atoms with E-state index >= 15 is 0 Å². The van der Waals surface area contributed by atoms with Gasteiger partial charge in [-0.25, -0.2) is 0 Å². The highest BCUT2D eigenvalue weighted by Gasteiger charge is 2.17. The van der Waals surface area contributed by atoms with Crippen molar-refractivity contribution in [3.63, 3.8) is 0 Å². The fourth-order valence-electron chi connectivity index (χ4n) is 1.78. The second-order valence-electron chi connectivity index (χ2n) is 3.88. The van der Waals surface area contributed by atoms with E-state index in [2.05, 4.69) is 0 Å². The Morgan fingerprint density at radius 1 is 1.11 bits per heavy atom. The highest BCUT2D eigenvalue weighted by Crippen LogP contribution is 2.28. The second-order valence-corrected chi connectivity index (χ2v) is 4.32. The number of rotatable bonds is 3. The van der Waals surface area contributed by atoms with Crippen molar-refractivity contribution in [1.29, 1.82) is 5.26 Å². The van der Waals surface area contributed by atoms with E-state index in [1.165, 1.54) is 4.90 Å². The molecule has 0 heterocycles. The van der Waals surface area contributed by atoms with Crippen molar-refractivity contribution in [1.82, 2.24) is 0 Å². The molecule has 0 saturated heterocycles. The third kappa shape index (κ3) is 3.12. The van der Waals surface area contributed by atoms with E-state index in [1.807, 2.05) is 36.4 Å². The average molecular weight is 271 g/mol. The summed E-state index contributed by atoms with van der Waals surface area (Å²) in [5.41, 5.74) is 1.36. The molecule has 2 rings (SSSR count). The van der Waals surface area contributed by atoms with Crippen LogP contribution in [0.25, 0.3) is 0 Å². The summed E-state index contributed by atoms with van der Waals surface area (Å²) in [6.07, 6.45) is -0.179. The van der Waals surface area contributed by atoms with Crippen LogP contribution >= 0.6 is 11.6 Å². The summed E-state index contributed by atoms with van der Waals surface area (Å²) in [6, 6.07) is 18.1. The van der Waals surface area contributed by atoms with Crippen molar-refractivity contribution in [2.24, 2.45) is 0 Å². The van der Waals surface area contributed by atoms with Crippen molar-refractivity contribution in [3.05, 3.63) is 59.6 Å². The van der Waals surface area contributed by atoms with Gasteiger partial charge >= 0.3 is 0 Å². The molecule has 0 radical (unpaired) electrons. The molecule has 0 aliphatic rings. The van der Waals surface area contributed by atoms with Gasteiger partial charge in [0, 0.05) is 10.7 Å². The zero-order valence-electron chi connectivity index (χ0n) is 10.1. The predicted octanol–water partition coefficient (Wildman–Crippen LogP) is 3.92. The van der Waals surface area contributed by atoms with Crippen molar-refractivity contribution < 1.29 is 4.79 Å². The minimum atomic E-state index is -0.282. The van der Waals surface area contributed by atoms with Gasteiger partial charge in [0.25, 0.3) is 0 Å². The van der Waals surface area contributed by atoms with Gasteiger partial charge in [-0.2, -0.15) is 5.26 Å². The number of carbonyl (C=O) groups is 1. The molecule has 0 aromatic heterocycles. The summed E-state index contributed by atoms with van der Waals surface area (Å²) in [5.74, 6) is -0.282. The molecule has 0 aliphatic heterocycles. The molecular formula is C15H11ClN2O. The maximum atomic E-state index is 12.1. The van der Waals surface area contributed by atoms with Crippen LogP contribution in [0.5, 0.6) is 0 Å². The van der Waals surface area contributed by atoms with Gasteiger partial charge in [-0.05, 0) is 30.3 Å². The Morgan fingerprint density at radius 3 is 2.42 bits per heavy atom. The van der Waals surface area contributed by atoms with Crippen LogP contribution in [-0.2, 0) is 4.79 Å². The summed E-state index contributed by atoms with van der Waals surface area (Å²) in [5, 5.41) is 9.26. The van der Waals surface area contributed by atoms with Gasteiger partial charge in [-0.3, -0.25) is 9.69 Å². The first-order chi connectivity index (χ1) is 9.22. The number of hydrogen-bond donors (Lipinski definition) is 0. The van der Waals surface area contributed by atoms with E-state index < -0.39 is 0 Å². The summed E-state index contributed by atoms with van der Waals surface area (Å²) >= 11 is 5.96. The first kappa shape index (κ1) is 13.1. The highest BCUT2D eigenvalue weighted by molar-refractivity contribution is 6.31. The maximum Gasteiger partial charge on any atom is 0.245 e. The molecule has 0 spiro atoms. The van der Waals surface area contributed by atoms with Gasteiger partial charge in [0.05, 0.1) is 11.8 Å². The monoisotopic (exact) mass is 270 g/mol. The van der Waals surface area contributed by atoms with Crippen molar-refractivity contribution in [3.8, 4) is 6.07 Å². The van der Waals surface area contributed by atoms with Crippen LogP contribution < -0.4 is 4.90 Å². The van der Waals surface area contributed by atoms with Crippen molar-refractivity contribution in [2.75, 3.05) is 4.90 Å². The number of para-hydroxylation sites is 1.